The molecule has 4 nitrogen and oxygen atoms in total. The molecular formula is C61H42N4. The van der Waals surface area contributed by atoms with Crippen molar-refractivity contribution < 1.29 is 0 Å². The van der Waals surface area contributed by atoms with E-state index in [9.17, 15) is 0 Å². The number of hydrogen-bond acceptors (Lipinski definition) is 2. The molecule has 12 aromatic rings. The highest BCUT2D eigenvalue weighted by molar-refractivity contribution is 6.13. The van der Waals surface area contributed by atoms with Crippen LogP contribution in [-0.2, 0) is 5.41 Å². The van der Waals surface area contributed by atoms with Gasteiger partial charge in [0.05, 0.1) is 39.1 Å². The van der Waals surface area contributed by atoms with Gasteiger partial charge in [-0.2, -0.15) is 0 Å². The van der Waals surface area contributed by atoms with Crippen LogP contribution >= 0.6 is 0 Å². The second-order valence-electron chi connectivity index (χ2n) is 17.8. The monoisotopic (exact) mass is 830 g/mol. The first-order valence-corrected chi connectivity index (χ1v) is 22.4. The summed E-state index contributed by atoms with van der Waals surface area (Å²) in [6.07, 6.45) is 0. The van der Waals surface area contributed by atoms with Crippen molar-refractivity contribution in [3.05, 3.63) is 230 Å². The first kappa shape index (κ1) is 37.2. The van der Waals surface area contributed by atoms with Crippen LogP contribution in [0.25, 0.3) is 111 Å². The van der Waals surface area contributed by atoms with Gasteiger partial charge in [-0.25, -0.2) is 9.97 Å². The minimum atomic E-state index is -0.329. The molecule has 306 valence electrons. The Morgan fingerprint density at radius 2 is 0.862 bits per heavy atom. The third-order valence-electron chi connectivity index (χ3n) is 13.7. The highest BCUT2D eigenvalue weighted by Crippen LogP contribution is 2.55. The van der Waals surface area contributed by atoms with E-state index in [2.05, 4.69) is 241 Å². The molecule has 3 heterocycles. The molecule has 13 rings (SSSR count). The van der Waals surface area contributed by atoms with Gasteiger partial charge in [-0.05, 0) is 94.5 Å². The van der Waals surface area contributed by atoms with Crippen LogP contribution in [0.5, 0.6) is 0 Å². The van der Waals surface area contributed by atoms with E-state index in [1.807, 2.05) is 0 Å². The Morgan fingerprint density at radius 3 is 1.48 bits per heavy atom. The van der Waals surface area contributed by atoms with Gasteiger partial charge in [-0.1, -0.05) is 166 Å². The van der Waals surface area contributed by atoms with Gasteiger partial charge in [0.2, 0.25) is 0 Å². The van der Waals surface area contributed by atoms with Crippen molar-refractivity contribution in [1.82, 2.24) is 19.1 Å². The number of fused-ring (bicyclic) bond motifs is 9. The molecule has 0 fully saturated rings. The maximum absolute atomic E-state index is 5.37. The number of hydrogen-bond donors (Lipinski definition) is 0. The normalized spacial score (nSPS) is 12.9. The van der Waals surface area contributed by atoms with Crippen LogP contribution in [0.3, 0.4) is 0 Å². The fourth-order valence-electron chi connectivity index (χ4n) is 10.8. The fraction of sp³-hybridized carbons (Fsp3) is 0.0492. The van der Waals surface area contributed by atoms with Crippen LogP contribution in [0, 0.1) is 0 Å². The second kappa shape index (κ2) is 14.3. The Morgan fingerprint density at radius 1 is 0.369 bits per heavy atom. The van der Waals surface area contributed by atoms with Crippen LogP contribution in [-0.4, -0.2) is 19.1 Å². The smallest absolute Gasteiger partial charge is 0.160 e. The summed E-state index contributed by atoms with van der Waals surface area (Å²) in [5, 5.41) is 4.94. The van der Waals surface area contributed by atoms with Crippen LogP contribution in [0.1, 0.15) is 25.0 Å². The molecule has 0 bridgehead atoms. The molecule has 4 heteroatoms. The molecule has 1 aliphatic rings. The Kier molecular flexibility index (Phi) is 8.22. The standard InChI is InChI=1S/C61H42N4/c1-61(2)50-27-15-12-26-46(50)58-57(35-32-47(59(58)61)60-62-51(39-18-6-3-7-19-39)38-52(63-60)40-20-8-4-9-21-40)65-54-29-17-14-25-45(54)49-37-42(31-34-56(49)65)41-30-33-55-48(36-41)44-24-13-16-28-53(44)64(55)43-22-10-5-11-23-43/h3-38H,1-2H3. The molecule has 0 saturated heterocycles. The average Bonchev–Trinajstić information content (AvgIpc) is 3.97. The van der Waals surface area contributed by atoms with Crippen molar-refractivity contribution in [2.24, 2.45) is 0 Å². The van der Waals surface area contributed by atoms with Crippen molar-refractivity contribution in [2.45, 2.75) is 19.3 Å². The molecule has 9 aromatic carbocycles. The van der Waals surface area contributed by atoms with Crippen molar-refractivity contribution in [1.29, 1.82) is 0 Å². The van der Waals surface area contributed by atoms with Gasteiger partial charge in [-0.3, -0.25) is 0 Å². The number of nitrogens with zero attached hydrogens (tertiary/aromatic N) is 4. The van der Waals surface area contributed by atoms with Crippen LogP contribution in [0.4, 0.5) is 0 Å². The minimum absolute atomic E-state index is 0.329. The Hall–Kier alpha value is -8.34. The highest BCUT2D eigenvalue weighted by Gasteiger charge is 2.40. The molecule has 0 spiro atoms. The number of aromatic nitrogens is 4. The SMILES string of the molecule is CC1(C)c2ccccc2-c2c(-n3c4ccccc4c4cc(-c5ccc6c(c5)c5ccccc5n6-c5ccccc5)ccc43)ccc(-c3nc(-c4ccccc4)cc(-c4ccccc4)n3)c21. The van der Waals surface area contributed by atoms with Crippen molar-refractivity contribution in [2.75, 3.05) is 0 Å². The summed E-state index contributed by atoms with van der Waals surface area (Å²) in [5.41, 5.74) is 19.1. The lowest BCUT2D eigenvalue weighted by Crippen LogP contribution is -2.17. The Labute approximate surface area is 377 Å². The molecule has 1 aliphatic carbocycles. The van der Waals surface area contributed by atoms with Crippen LogP contribution in [0.2, 0.25) is 0 Å². The van der Waals surface area contributed by atoms with E-state index in [4.69, 9.17) is 9.97 Å². The van der Waals surface area contributed by atoms with Crippen molar-refractivity contribution in [3.63, 3.8) is 0 Å². The minimum Gasteiger partial charge on any atom is -0.309 e. The molecule has 0 aliphatic heterocycles. The van der Waals surface area contributed by atoms with E-state index in [1.165, 1.54) is 77.0 Å². The van der Waals surface area contributed by atoms with Crippen LogP contribution < -0.4 is 0 Å². The van der Waals surface area contributed by atoms with E-state index in [0.29, 0.717) is 0 Å². The topological polar surface area (TPSA) is 35.6 Å². The third-order valence-corrected chi connectivity index (χ3v) is 13.7. The maximum Gasteiger partial charge on any atom is 0.160 e. The molecule has 0 saturated carbocycles. The van der Waals surface area contributed by atoms with Crippen molar-refractivity contribution in [3.8, 4) is 67.5 Å². The summed E-state index contributed by atoms with van der Waals surface area (Å²) in [4.78, 5) is 10.7. The van der Waals surface area contributed by atoms with E-state index < -0.39 is 0 Å². The predicted octanol–water partition coefficient (Wildman–Crippen LogP) is 15.6. The molecule has 3 aromatic heterocycles. The van der Waals surface area contributed by atoms with E-state index >= 15 is 0 Å². The first-order valence-electron chi connectivity index (χ1n) is 22.4. The van der Waals surface area contributed by atoms with Crippen molar-refractivity contribution >= 4 is 43.6 Å². The summed E-state index contributed by atoms with van der Waals surface area (Å²) in [7, 11) is 0. The van der Waals surface area contributed by atoms with Gasteiger partial charge in [0.1, 0.15) is 0 Å². The van der Waals surface area contributed by atoms with E-state index in [0.717, 1.165) is 45.3 Å². The van der Waals surface area contributed by atoms with Gasteiger partial charge < -0.3 is 9.13 Å². The van der Waals surface area contributed by atoms with Gasteiger partial charge in [0.25, 0.3) is 0 Å². The second-order valence-corrected chi connectivity index (χ2v) is 17.8. The summed E-state index contributed by atoms with van der Waals surface area (Å²) >= 11 is 0. The van der Waals surface area contributed by atoms with Crippen LogP contribution in [0.15, 0.2) is 218 Å². The van der Waals surface area contributed by atoms with E-state index in [-0.39, 0.29) is 5.41 Å². The first-order chi connectivity index (χ1) is 32.0. The zero-order valence-corrected chi connectivity index (χ0v) is 36.1. The number of rotatable bonds is 6. The maximum atomic E-state index is 5.37. The number of para-hydroxylation sites is 3. The third kappa shape index (κ3) is 5.70. The summed E-state index contributed by atoms with van der Waals surface area (Å²) in [6.45, 7) is 4.71. The zero-order chi connectivity index (χ0) is 43.2. The largest absolute Gasteiger partial charge is 0.309 e. The molecule has 0 atom stereocenters. The summed E-state index contributed by atoms with van der Waals surface area (Å²) in [6, 6.07) is 78.8. The quantitative estimate of drug-likeness (QED) is 0.167. The lowest BCUT2D eigenvalue weighted by molar-refractivity contribution is 0.661. The molecule has 0 radical (unpaired) electrons. The summed E-state index contributed by atoms with van der Waals surface area (Å²) in [5.74, 6) is 0.726. The number of benzene rings is 9. The molecule has 65 heavy (non-hydrogen) atoms. The molecular weight excluding hydrogens is 789 g/mol. The van der Waals surface area contributed by atoms with Gasteiger partial charge in [-0.15, -0.1) is 0 Å². The van der Waals surface area contributed by atoms with Gasteiger partial charge >= 0.3 is 0 Å². The molecule has 0 amide bonds. The Bertz CT molecular complexity index is 3780. The summed E-state index contributed by atoms with van der Waals surface area (Å²) < 4.78 is 4.87. The molecule has 0 unspecified atom stereocenters. The van der Waals surface area contributed by atoms with E-state index in [1.54, 1.807) is 0 Å². The Balaban J connectivity index is 1.02. The predicted molar refractivity (Wildman–Crippen MR) is 270 cm³/mol. The molecule has 0 N–H and O–H groups in total. The lowest BCUT2D eigenvalue weighted by atomic mass is 9.79. The fourth-order valence-corrected chi connectivity index (χ4v) is 10.8. The highest BCUT2D eigenvalue weighted by atomic mass is 15.0. The average molecular weight is 831 g/mol. The lowest BCUT2D eigenvalue weighted by Gasteiger charge is -2.25. The van der Waals surface area contributed by atoms with Gasteiger partial charge in [0.15, 0.2) is 5.82 Å². The zero-order valence-electron chi connectivity index (χ0n) is 36.1. The van der Waals surface area contributed by atoms with Gasteiger partial charge in [0, 0.05) is 54.9 Å².